The van der Waals surface area contributed by atoms with Crippen LogP contribution in [-0.4, -0.2) is 16.9 Å². The van der Waals surface area contributed by atoms with Crippen LogP contribution in [0.5, 0.6) is 0 Å². The molecule has 2 aromatic rings. The number of para-hydroxylation sites is 1. The van der Waals surface area contributed by atoms with E-state index in [2.05, 4.69) is 46.8 Å². The van der Waals surface area contributed by atoms with E-state index in [1.54, 1.807) is 0 Å². The minimum Gasteiger partial charge on any atom is -0.302 e. The lowest BCUT2D eigenvalue weighted by molar-refractivity contribution is 0.944. The predicted octanol–water partition coefficient (Wildman–Crippen LogP) is 2.99. The van der Waals surface area contributed by atoms with Crippen molar-refractivity contribution in [3.63, 3.8) is 0 Å². The molecule has 0 saturated heterocycles. The van der Waals surface area contributed by atoms with Crippen LogP contribution in [0.15, 0.2) is 35.3 Å². The van der Waals surface area contributed by atoms with Crippen molar-refractivity contribution < 1.29 is 0 Å². The van der Waals surface area contributed by atoms with Gasteiger partial charge >= 0.3 is 0 Å². The first kappa shape index (κ1) is 8.72. The quantitative estimate of drug-likeness (QED) is 0.619. The van der Waals surface area contributed by atoms with E-state index < -0.39 is 0 Å². The van der Waals surface area contributed by atoms with E-state index in [0.717, 1.165) is 13.0 Å². The maximum Gasteiger partial charge on any atom is 0.108 e. The molecule has 0 amide bonds. The van der Waals surface area contributed by atoms with Crippen LogP contribution < -0.4 is 0 Å². The summed E-state index contributed by atoms with van der Waals surface area (Å²) in [6.07, 6.45) is 2.31. The summed E-state index contributed by atoms with van der Waals surface area (Å²) in [5.41, 5.74) is 2.58. The fourth-order valence-corrected chi connectivity index (χ4v) is 2.34. The van der Waals surface area contributed by atoms with Gasteiger partial charge in [-0.1, -0.05) is 18.2 Å². The van der Waals surface area contributed by atoms with Crippen LogP contribution in [0, 0.1) is 6.92 Å². The minimum absolute atomic E-state index is 0.987. The van der Waals surface area contributed by atoms with Crippen molar-refractivity contribution in [2.45, 2.75) is 19.8 Å². The van der Waals surface area contributed by atoms with Crippen molar-refractivity contribution in [1.82, 2.24) is 4.57 Å². The smallest absolute Gasteiger partial charge is 0.108 e. The number of fused-ring (bicyclic) bond motifs is 1. The standard InChI is InChI=1S/C13H14N2/c1-10-9-11-5-2-3-6-12(11)15(10)13-7-4-8-14-13/h2-3,5-6,9H,4,7-8H2,1H3. The number of rotatable bonds is 0. The van der Waals surface area contributed by atoms with Gasteiger partial charge in [0.05, 0.1) is 5.52 Å². The van der Waals surface area contributed by atoms with Crippen LogP contribution >= 0.6 is 0 Å². The Labute approximate surface area is 89.2 Å². The monoisotopic (exact) mass is 198 g/mol. The van der Waals surface area contributed by atoms with Gasteiger partial charge in [-0.3, -0.25) is 4.99 Å². The Morgan fingerprint density at radius 2 is 2.13 bits per heavy atom. The van der Waals surface area contributed by atoms with Gasteiger partial charge in [-0.2, -0.15) is 0 Å². The molecule has 0 unspecified atom stereocenters. The summed E-state index contributed by atoms with van der Waals surface area (Å²) in [6, 6.07) is 10.7. The highest BCUT2D eigenvalue weighted by molar-refractivity contribution is 5.96. The molecule has 1 aromatic heterocycles. The predicted molar refractivity (Wildman–Crippen MR) is 63.6 cm³/mol. The Balaban J connectivity index is 2.28. The molecule has 0 atom stereocenters. The number of aromatic nitrogens is 1. The van der Waals surface area contributed by atoms with Gasteiger partial charge in [0, 0.05) is 24.0 Å². The van der Waals surface area contributed by atoms with E-state index in [-0.39, 0.29) is 0 Å². The van der Waals surface area contributed by atoms with Crippen molar-refractivity contribution in [2.24, 2.45) is 4.99 Å². The average Bonchev–Trinajstić information content (AvgIpc) is 2.82. The second-order valence-electron chi connectivity index (χ2n) is 4.08. The normalized spacial score (nSPS) is 15.9. The molecule has 2 nitrogen and oxygen atoms in total. The van der Waals surface area contributed by atoms with Crippen LogP contribution in [0.1, 0.15) is 18.5 Å². The lowest BCUT2D eigenvalue weighted by Crippen LogP contribution is -2.09. The average molecular weight is 198 g/mol. The molecule has 0 N–H and O–H groups in total. The fraction of sp³-hybridized carbons (Fsp3) is 0.308. The van der Waals surface area contributed by atoms with Gasteiger partial charge in [0.15, 0.2) is 0 Å². The summed E-state index contributed by atoms with van der Waals surface area (Å²) in [7, 11) is 0. The largest absolute Gasteiger partial charge is 0.302 e. The second kappa shape index (κ2) is 3.23. The highest BCUT2D eigenvalue weighted by atomic mass is 15.1. The molecule has 1 aliphatic rings. The number of hydrogen-bond acceptors (Lipinski definition) is 1. The SMILES string of the molecule is Cc1cc2ccccc2n1C1=NCCC1. The van der Waals surface area contributed by atoms with E-state index >= 15 is 0 Å². The highest BCUT2D eigenvalue weighted by Gasteiger charge is 2.13. The molecule has 1 aliphatic heterocycles. The maximum absolute atomic E-state index is 4.57. The Morgan fingerprint density at radius 1 is 1.27 bits per heavy atom. The van der Waals surface area contributed by atoms with Crippen LogP contribution in [0.25, 0.3) is 10.9 Å². The minimum atomic E-state index is 0.987. The zero-order valence-electron chi connectivity index (χ0n) is 8.90. The summed E-state index contributed by atoms with van der Waals surface area (Å²) >= 11 is 0. The van der Waals surface area contributed by atoms with Gasteiger partial charge in [0.25, 0.3) is 0 Å². The molecule has 1 aromatic carbocycles. The Morgan fingerprint density at radius 3 is 2.93 bits per heavy atom. The second-order valence-corrected chi connectivity index (χ2v) is 4.08. The summed E-state index contributed by atoms with van der Waals surface area (Å²) < 4.78 is 2.29. The molecule has 0 radical (unpaired) electrons. The van der Waals surface area contributed by atoms with Gasteiger partial charge in [-0.05, 0) is 25.5 Å². The van der Waals surface area contributed by atoms with Crippen molar-refractivity contribution in [3.8, 4) is 0 Å². The summed E-state index contributed by atoms with van der Waals surface area (Å²) in [4.78, 5) is 4.57. The molecule has 0 fully saturated rings. The number of aliphatic imine (C=N–C) groups is 1. The lowest BCUT2D eigenvalue weighted by atomic mass is 10.2. The third-order valence-corrected chi connectivity index (χ3v) is 3.01. The zero-order chi connectivity index (χ0) is 10.3. The molecule has 15 heavy (non-hydrogen) atoms. The van der Waals surface area contributed by atoms with Crippen molar-refractivity contribution in [2.75, 3.05) is 6.54 Å². The first-order valence-electron chi connectivity index (χ1n) is 5.47. The molecule has 76 valence electrons. The maximum atomic E-state index is 4.57. The zero-order valence-corrected chi connectivity index (χ0v) is 8.90. The molecular weight excluding hydrogens is 184 g/mol. The van der Waals surface area contributed by atoms with Crippen LogP contribution in [0.3, 0.4) is 0 Å². The first-order valence-corrected chi connectivity index (χ1v) is 5.47. The molecular formula is C13H14N2. The van der Waals surface area contributed by atoms with Gasteiger partial charge in [-0.15, -0.1) is 0 Å². The summed E-state index contributed by atoms with van der Waals surface area (Å²) in [5, 5.41) is 1.31. The van der Waals surface area contributed by atoms with Crippen molar-refractivity contribution >= 4 is 16.7 Å². The number of aryl methyl sites for hydroxylation is 1. The number of nitrogens with zero attached hydrogens (tertiary/aromatic N) is 2. The molecule has 0 aliphatic carbocycles. The van der Waals surface area contributed by atoms with Crippen molar-refractivity contribution in [3.05, 3.63) is 36.0 Å². The topological polar surface area (TPSA) is 17.3 Å². The van der Waals surface area contributed by atoms with Crippen LogP contribution in [0.2, 0.25) is 0 Å². The van der Waals surface area contributed by atoms with Crippen LogP contribution in [0.4, 0.5) is 0 Å². The van der Waals surface area contributed by atoms with E-state index in [9.17, 15) is 0 Å². The van der Waals surface area contributed by atoms with Gasteiger partial charge < -0.3 is 4.57 Å². The highest BCUT2D eigenvalue weighted by Crippen LogP contribution is 2.21. The molecule has 0 bridgehead atoms. The molecule has 2 heteroatoms. The Hall–Kier alpha value is -1.57. The van der Waals surface area contributed by atoms with E-state index in [1.807, 2.05) is 0 Å². The molecule has 3 rings (SSSR count). The van der Waals surface area contributed by atoms with E-state index in [1.165, 1.54) is 28.9 Å². The Bertz CT molecular complexity index is 534. The Kier molecular flexibility index (Phi) is 1.88. The fourth-order valence-electron chi connectivity index (χ4n) is 2.34. The molecule has 2 heterocycles. The third-order valence-electron chi connectivity index (χ3n) is 3.01. The van der Waals surface area contributed by atoms with Gasteiger partial charge in [0.1, 0.15) is 5.84 Å². The summed E-state index contributed by atoms with van der Waals surface area (Å²) in [6.45, 7) is 3.14. The van der Waals surface area contributed by atoms with Gasteiger partial charge in [0.2, 0.25) is 0 Å². The van der Waals surface area contributed by atoms with Crippen LogP contribution in [-0.2, 0) is 0 Å². The number of hydrogen-bond donors (Lipinski definition) is 0. The first-order chi connectivity index (χ1) is 7.36. The molecule has 0 spiro atoms. The summed E-state index contributed by atoms with van der Waals surface area (Å²) in [5.74, 6) is 1.23. The third kappa shape index (κ3) is 1.29. The van der Waals surface area contributed by atoms with E-state index in [4.69, 9.17) is 0 Å². The van der Waals surface area contributed by atoms with Crippen molar-refractivity contribution in [1.29, 1.82) is 0 Å². The molecule has 0 saturated carbocycles. The number of benzene rings is 1. The van der Waals surface area contributed by atoms with E-state index in [0.29, 0.717) is 0 Å². The van der Waals surface area contributed by atoms with Gasteiger partial charge in [-0.25, -0.2) is 0 Å². The lowest BCUT2D eigenvalue weighted by Gasteiger charge is -2.06.